The number of carbonyl (C=O) groups is 1. The Bertz CT molecular complexity index is 502. The normalized spacial score (nSPS) is 30.5. The van der Waals surface area contributed by atoms with Gasteiger partial charge in [-0.2, -0.15) is 4.98 Å². The number of hydrogen-bond donors (Lipinski definition) is 1. The molecule has 116 valence electrons. The maximum Gasteiger partial charge on any atom is 0.303 e. The fraction of sp³-hybridized carbons (Fsp3) is 0.800. The van der Waals surface area contributed by atoms with Crippen LogP contribution in [-0.2, 0) is 11.2 Å². The highest BCUT2D eigenvalue weighted by Crippen LogP contribution is 2.41. The highest BCUT2D eigenvalue weighted by molar-refractivity contribution is 5.66. The molecule has 3 unspecified atom stereocenters. The van der Waals surface area contributed by atoms with Crippen LogP contribution in [0.2, 0.25) is 0 Å². The summed E-state index contributed by atoms with van der Waals surface area (Å²) in [7, 11) is 2.22. The van der Waals surface area contributed by atoms with Gasteiger partial charge in [0.15, 0.2) is 5.82 Å². The van der Waals surface area contributed by atoms with Gasteiger partial charge in [-0.05, 0) is 38.6 Å². The molecular weight excluding hydrogens is 270 g/mol. The van der Waals surface area contributed by atoms with Crippen molar-refractivity contribution >= 4 is 5.97 Å². The molecule has 0 aromatic carbocycles. The lowest BCUT2D eigenvalue weighted by Gasteiger charge is -2.34. The molecule has 2 bridgehead atoms. The number of fused-ring (bicyclic) bond motifs is 2. The van der Waals surface area contributed by atoms with Crippen molar-refractivity contribution in [1.29, 1.82) is 0 Å². The van der Waals surface area contributed by atoms with Crippen LogP contribution in [0.3, 0.4) is 0 Å². The Kier molecular flexibility index (Phi) is 3.97. The highest BCUT2D eigenvalue weighted by Gasteiger charge is 2.40. The number of hydrogen-bond acceptors (Lipinski definition) is 5. The average Bonchev–Trinajstić information content (AvgIpc) is 2.91. The van der Waals surface area contributed by atoms with Gasteiger partial charge < -0.3 is 14.5 Å². The van der Waals surface area contributed by atoms with Crippen LogP contribution in [0, 0.1) is 5.92 Å². The third kappa shape index (κ3) is 3.10. The molecule has 2 aliphatic heterocycles. The van der Waals surface area contributed by atoms with Crippen molar-refractivity contribution in [2.75, 3.05) is 7.05 Å². The predicted molar refractivity (Wildman–Crippen MR) is 76.0 cm³/mol. The third-order valence-electron chi connectivity index (χ3n) is 4.99. The van der Waals surface area contributed by atoms with Gasteiger partial charge in [0.2, 0.25) is 5.89 Å². The molecule has 0 aliphatic carbocycles. The van der Waals surface area contributed by atoms with E-state index >= 15 is 0 Å². The van der Waals surface area contributed by atoms with Crippen LogP contribution in [0.5, 0.6) is 0 Å². The molecule has 2 saturated heterocycles. The van der Waals surface area contributed by atoms with Crippen molar-refractivity contribution in [3.63, 3.8) is 0 Å². The van der Waals surface area contributed by atoms with E-state index in [1.807, 2.05) is 6.92 Å². The van der Waals surface area contributed by atoms with Crippen LogP contribution in [0.15, 0.2) is 4.52 Å². The lowest BCUT2D eigenvalue weighted by Crippen LogP contribution is -2.39. The average molecular weight is 293 g/mol. The monoisotopic (exact) mass is 293 g/mol. The minimum atomic E-state index is -0.783. The quantitative estimate of drug-likeness (QED) is 0.895. The Balaban J connectivity index is 1.62. The van der Waals surface area contributed by atoms with Crippen LogP contribution in [0.25, 0.3) is 0 Å². The van der Waals surface area contributed by atoms with Crippen molar-refractivity contribution < 1.29 is 14.4 Å². The zero-order valence-electron chi connectivity index (χ0n) is 12.7. The molecule has 1 aromatic rings. The van der Waals surface area contributed by atoms with Crippen LogP contribution >= 0.6 is 0 Å². The molecule has 0 saturated carbocycles. The summed E-state index contributed by atoms with van der Waals surface area (Å²) in [6, 6.07) is 1.31. The maximum atomic E-state index is 10.7. The van der Waals surface area contributed by atoms with Gasteiger partial charge in [0.25, 0.3) is 0 Å². The molecule has 2 aliphatic rings. The molecular formula is C15H23N3O3. The summed E-state index contributed by atoms with van der Waals surface area (Å²) >= 11 is 0. The fourth-order valence-electron chi connectivity index (χ4n) is 3.81. The first kappa shape index (κ1) is 14.5. The number of nitrogens with zero attached hydrogens (tertiary/aromatic N) is 3. The molecule has 3 atom stereocenters. The second kappa shape index (κ2) is 5.75. The molecule has 21 heavy (non-hydrogen) atoms. The van der Waals surface area contributed by atoms with Gasteiger partial charge in [0.05, 0.1) is 0 Å². The van der Waals surface area contributed by atoms with E-state index in [0.717, 1.165) is 18.7 Å². The molecule has 3 heterocycles. The van der Waals surface area contributed by atoms with Gasteiger partial charge in [0.1, 0.15) is 0 Å². The van der Waals surface area contributed by atoms with Crippen molar-refractivity contribution in [2.45, 2.75) is 63.5 Å². The van der Waals surface area contributed by atoms with Gasteiger partial charge in [-0.15, -0.1) is 0 Å². The summed E-state index contributed by atoms with van der Waals surface area (Å²) in [5.41, 5.74) is 0. The van der Waals surface area contributed by atoms with Crippen molar-refractivity contribution in [3.05, 3.63) is 11.7 Å². The minimum absolute atomic E-state index is 0.0180. The number of aromatic nitrogens is 2. The molecule has 0 spiro atoms. The summed E-state index contributed by atoms with van der Waals surface area (Å²) in [4.78, 5) is 17.7. The summed E-state index contributed by atoms with van der Waals surface area (Å²) in [6.45, 7) is 1.90. The summed E-state index contributed by atoms with van der Waals surface area (Å²) in [6.07, 6.45) is 5.44. The van der Waals surface area contributed by atoms with E-state index in [1.165, 1.54) is 12.8 Å². The molecule has 6 heteroatoms. The number of aliphatic carboxylic acids is 1. The Morgan fingerprint density at radius 1 is 1.43 bits per heavy atom. The van der Waals surface area contributed by atoms with Gasteiger partial charge >= 0.3 is 5.97 Å². The van der Waals surface area contributed by atoms with Gasteiger partial charge in [0, 0.05) is 30.8 Å². The molecule has 6 nitrogen and oxygen atoms in total. The van der Waals surface area contributed by atoms with Crippen molar-refractivity contribution in [2.24, 2.45) is 5.92 Å². The highest BCUT2D eigenvalue weighted by atomic mass is 16.5. The molecule has 3 rings (SSSR count). The second-order valence-electron chi connectivity index (χ2n) is 6.67. The van der Waals surface area contributed by atoms with E-state index in [-0.39, 0.29) is 12.3 Å². The fourth-order valence-corrected chi connectivity index (χ4v) is 3.81. The molecule has 1 aromatic heterocycles. The lowest BCUT2D eigenvalue weighted by atomic mass is 9.90. The number of piperidine rings is 1. The van der Waals surface area contributed by atoms with E-state index in [4.69, 9.17) is 9.63 Å². The Morgan fingerprint density at radius 2 is 2.10 bits per heavy atom. The summed E-state index contributed by atoms with van der Waals surface area (Å²) < 4.78 is 5.32. The van der Waals surface area contributed by atoms with E-state index in [9.17, 15) is 4.79 Å². The largest absolute Gasteiger partial charge is 0.481 e. The zero-order chi connectivity index (χ0) is 15.0. The summed E-state index contributed by atoms with van der Waals surface area (Å²) in [5.74, 6) is 1.02. The lowest BCUT2D eigenvalue weighted by molar-refractivity contribution is -0.137. The Hall–Kier alpha value is -1.43. The van der Waals surface area contributed by atoms with Crippen molar-refractivity contribution in [1.82, 2.24) is 15.0 Å². The minimum Gasteiger partial charge on any atom is -0.481 e. The Labute approximate surface area is 124 Å². The SMILES string of the molecule is CC(CC(=O)O)Cc1nc(C2CC3CCC(C2)N3C)no1. The Morgan fingerprint density at radius 3 is 2.71 bits per heavy atom. The molecule has 2 fully saturated rings. The number of carboxylic acid groups (broad SMARTS) is 1. The standard InChI is InChI=1S/C15H23N3O3/c1-9(6-14(19)20)5-13-16-15(17-21-13)10-7-11-3-4-12(8-10)18(11)2/h9-12H,3-8H2,1-2H3,(H,19,20). The molecule has 0 radical (unpaired) electrons. The maximum absolute atomic E-state index is 10.7. The third-order valence-corrected chi connectivity index (χ3v) is 4.99. The topological polar surface area (TPSA) is 79.5 Å². The molecule has 1 N–H and O–H groups in total. The van der Waals surface area contributed by atoms with Crippen LogP contribution in [0.1, 0.15) is 56.7 Å². The number of rotatable bonds is 5. The smallest absolute Gasteiger partial charge is 0.303 e. The first-order chi connectivity index (χ1) is 10.0. The summed E-state index contributed by atoms with van der Waals surface area (Å²) in [5, 5.41) is 12.9. The van der Waals surface area contributed by atoms with Gasteiger partial charge in [-0.25, -0.2) is 0 Å². The predicted octanol–water partition coefficient (Wildman–Crippen LogP) is 2.06. The van der Waals surface area contributed by atoms with Gasteiger partial charge in [-0.3, -0.25) is 4.79 Å². The van der Waals surface area contributed by atoms with E-state index in [0.29, 0.717) is 30.3 Å². The molecule has 0 amide bonds. The first-order valence-electron chi connectivity index (χ1n) is 7.79. The van der Waals surface area contributed by atoms with Gasteiger partial charge in [-0.1, -0.05) is 12.1 Å². The van der Waals surface area contributed by atoms with Crippen LogP contribution < -0.4 is 0 Å². The van der Waals surface area contributed by atoms with Crippen LogP contribution in [-0.4, -0.2) is 45.2 Å². The van der Waals surface area contributed by atoms with E-state index < -0.39 is 5.97 Å². The second-order valence-corrected chi connectivity index (χ2v) is 6.67. The van der Waals surface area contributed by atoms with Crippen LogP contribution in [0.4, 0.5) is 0 Å². The zero-order valence-corrected chi connectivity index (χ0v) is 12.7. The van der Waals surface area contributed by atoms with Crippen molar-refractivity contribution in [3.8, 4) is 0 Å². The van der Waals surface area contributed by atoms with E-state index in [1.54, 1.807) is 0 Å². The number of carboxylic acids is 1. The van der Waals surface area contributed by atoms with E-state index in [2.05, 4.69) is 22.1 Å². The first-order valence-corrected chi connectivity index (χ1v) is 7.79.